The third kappa shape index (κ3) is 14.1. The molecule has 0 amide bonds. The van der Waals surface area contributed by atoms with Crippen LogP contribution in [-0.2, 0) is 9.59 Å². The number of carbonyl (C=O) groups is 2. The Kier molecular flexibility index (Phi) is 17.5. The summed E-state index contributed by atoms with van der Waals surface area (Å²) >= 11 is 0.104. The first kappa shape index (κ1) is 25.9. The fourth-order valence-electron chi connectivity index (χ4n) is 1.88. The second-order valence-corrected chi connectivity index (χ2v) is 10.6. The quantitative estimate of drug-likeness (QED) is 0.340. The predicted molar refractivity (Wildman–Crippen MR) is 93.5 cm³/mol. The van der Waals surface area contributed by atoms with Crippen molar-refractivity contribution in [3.63, 3.8) is 0 Å². The van der Waals surface area contributed by atoms with Gasteiger partial charge in [-0.2, -0.15) is 0 Å². The summed E-state index contributed by atoms with van der Waals surface area (Å²) in [5.41, 5.74) is -2.38. The molecule has 0 spiro atoms. The SMILES string of the molecule is CC(C(=O)[O-])C(C)(O)C(=O)[O-].CCCCC[CH2][Sn+2][CH2]CCCCC. The van der Waals surface area contributed by atoms with Crippen LogP contribution in [0.3, 0.4) is 0 Å². The van der Waals surface area contributed by atoms with E-state index in [1.165, 1.54) is 38.5 Å². The molecule has 6 heteroatoms. The summed E-state index contributed by atoms with van der Waals surface area (Å²) in [5.74, 6) is -4.94. The molecule has 0 rings (SSSR count). The van der Waals surface area contributed by atoms with Crippen molar-refractivity contribution in [3.05, 3.63) is 0 Å². The van der Waals surface area contributed by atoms with E-state index in [2.05, 4.69) is 13.8 Å². The Labute approximate surface area is 157 Å². The molecule has 0 bridgehead atoms. The molecule has 0 aromatic carbocycles. The van der Waals surface area contributed by atoms with Crippen molar-refractivity contribution < 1.29 is 24.9 Å². The molecule has 140 valence electrons. The molecule has 0 aliphatic heterocycles. The molecule has 1 N–H and O–H groups in total. The van der Waals surface area contributed by atoms with E-state index in [4.69, 9.17) is 5.11 Å². The molecular formula is C18H34O5Sn. The molecule has 0 aliphatic carbocycles. The Morgan fingerprint density at radius 2 is 1.38 bits per heavy atom. The molecule has 0 saturated heterocycles. The van der Waals surface area contributed by atoms with Crippen LogP contribution in [0.1, 0.15) is 79.1 Å². The van der Waals surface area contributed by atoms with Crippen LogP contribution in [0.15, 0.2) is 0 Å². The van der Waals surface area contributed by atoms with Crippen LogP contribution >= 0.6 is 0 Å². The van der Waals surface area contributed by atoms with E-state index in [0.29, 0.717) is 0 Å². The summed E-state index contributed by atoms with van der Waals surface area (Å²) in [7, 11) is 0. The van der Waals surface area contributed by atoms with Crippen LogP contribution in [-0.4, -0.2) is 43.8 Å². The van der Waals surface area contributed by atoms with Gasteiger partial charge in [0.05, 0.1) is 5.97 Å². The standard InChI is InChI=1S/C6H10O5.2C6H13.Sn/c1-3(4(7)8)6(2,11)5(9)10;2*1-3-5-6-4-2;/h3,11H,1-2H3,(H,7,8)(H,9,10);2*1,3-6H2,2H3;/q;;;+2/p-2. The molecule has 5 nitrogen and oxygen atoms in total. The molecule has 0 heterocycles. The second kappa shape index (κ2) is 16.2. The zero-order valence-electron chi connectivity index (χ0n) is 15.7. The van der Waals surface area contributed by atoms with Gasteiger partial charge >= 0.3 is 95.2 Å². The van der Waals surface area contributed by atoms with E-state index in [0.717, 1.165) is 13.8 Å². The van der Waals surface area contributed by atoms with Crippen LogP contribution in [0.2, 0.25) is 8.87 Å². The third-order valence-electron chi connectivity index (χ3n) is 4.02. The minimum atomic E-state index is -2.38. The summed E-state index contributed by atoms with van der Waals surface area (Å²) in [6.45, 7) is 6.48. The maximum atomic E-state index is 10.1. The van der Waals surface area contributed by atoms with Crippen molar-refractivity contribution in [1.82, 2.24) is 0 Å². The number of hydrogen-bond acceptors (Lipinski definition) is 5. The zero-order chi connectivity index (χ0) is 19.0. The minimum absolute atomic E-state index is 0.104. The fourth-order valence-corrected chi connectivity index (χ4v) is 5.45. The molecule has 0 aromatic heterocycles. The van der Waals surface area contributed by atoms with Crippen molar-refractivity contribution in [2.75, 3.05) is 0 Å². The second-order valence-electron chi connectivity index (χ2n) is 6.35. The summed E-state index contributed by atoms with van der Waals surface area (Å²) in [6.07, 6.45) is 11.8. The van der Waals surface area contributed by atoms with Crippen molar-refractivity contribution in [1.29, 1.82) is 0 Å². The van der Waals surface area contributed by atoms with Crippen LogP contribution in [0, 0.1) is 5.92 Å². The first-order chi connectivity index (χ1) is 11.2. The number of carbonyl (C=O) groups excluding carboxylic acids is 2. The number of aliphatic carboxylic acids is 2. The first-order valence-electron chi connectivity index (χ1n) is 9.07. The topological polar surface area (TPSA) is 100 Å². The molecule has 2 atom stereocenters. The van der Waals surface area contributed by atoms with E-state index in [9.17, 15) is 19.8 Å². The molecule has 0 radical (unpaired) electrons. The van der Waals surface area contributed by atoms with E-state index in [1.54, 1.807) is 21.7 Å². The normalized spacial score (nSPS) is 13.9. The zero-order valence-corrected chi connectivity index (χ0v) is 18.6. The van der Waals surface area contributed by atoms with Gasteiger partial charge in [-0.15, -0.1) is 0 Å². The monoisotopic (exact) mass is 450 g/mol. The Morgan fingerprint density at radius 1 is 0.958 bits per heavy atom. The molecular weight excluding hydrogens is 415 g/mol. The van der Waals surface area contributed by atoms with E-state index < -0.39 is 23.5 Å². The van der Waals surface area contributed by atoms with Gasteiger partial charge in [0.25, 0.3) is 0 Å². The molecule has 0 fully saturated rings. The van der Waals surface area contributed by atoms with Gasteiger partial charge in [-0.05, 0) is 6.92 Å². The number of unbranched alkanes of at least 4 members (excludes halogenated alkanes) is 6. The van der Waals surface area contributed by atoms with Gasteiger partial charge in [-0.1, -0.05) is 6.92 Å². The van der Waals surface area contributed by atoms with Gasteiger partial charge < -0.3 is 24.9 Å². The number of hydrogen-bond donors (Lipinski definition) is 1. The summed E-state index contributed by atoms with van der Waals surface area (Å²) in [4.78, 5) is 20.2. The Morgan fingerprint density at radius 3 is 1.62 bits per heavy atom. The first-order valence-corrected chi connectivity index (χ1v) is 13.1. The van der Waals surface area contributed by atoms with Crippen LogP contribution in [0.4, 0.5) is 0 Å². The van der Waals surface area contributed by atoms with Crippen LogP contribution in [0.5, 0.6) is 0 Å². The average Bonchev–Trinajstić information content (AvgIpc) is 2.53. The Balaban J connectivity index is 0. The van der Waals surface area contributed by atoms with Gasteiger partial charge in [0.1, 0.15) is 5.60 Å². The third-order valence-corrected chi connectivity index (χ3v) is 8.06. The average molecular weight is 449 g/mol. The van der Waals surface area contributed by atoms with Crippen molar-refractivity contribution in [2.24, 2.45) is 5.92 Å². The van der Waals surface area contributed by atoms with Crippen molar-refractivity contribution >= 4 is 33.1 Å². The number of aliphatic hydroxyl groups is 1. The summed E-state index contributed by atoms with van der Waals surface area (Å²) in [6, 6.07) is 0. The molecule has 0 saturated carbocycles. The van der Waals surface area contributed by atoms with Gasteiger partial charge in [-0.25, -0.2) is 0 Å². The van der Waals surface area contributed by atoms with Gasteiger partial charge in [-0.3, -0.25) is 0 Å². The Bertz CT molecular complexity index is 321. The molecule has 0 aliphatic rings. The molecule has 24 heavy (non-hydrogen) atoms. The molecule has 0 aromatic rings. The van der Waals surface area contributed by atoms with E-state index in [1.807, 2.05) is 0 Å². The van der Waals surface area contributed by atoms with E-state index in [-0.39, 0.29) is 21.1 Å². The van der Waals surface area contributed by atoms with Crippen molar-refractivity contribution in [3.8, 4) is 0 Å². The molecule has 2 unspecified atom stereocenters. The predicted octanol–water partition coefficient (Wildman–Crippen LogP) is 1.56. The summed E-state index contributed by atoms with van der Waals surface area (Å²) in [5, 5.41) is 29.2. The maximum absolute atomic E-state index is 10.1. The van der Waals surface area contributed by atoms with Gasteiger partial charge in [0.15, 0.2) is 0 Å². The number of carboxylic acid groups (broad SMARTS) is 2. The number of carboxylic acids is 2. The summed E-state index contributed by atoms with van der Waals surface area (Å²) < 4.78 is 3.30. The van der Waals surface area contributed by atoms with Crippen LogP contribution in [0.25, 0.3) is 0 Å². The van der Waals surface area contributed by atoms with E-state index >= 15 is 0 Å². The Hall–Kier alpha value is -0.301. The van der Waals surface area contributed by atoms with Crippen LogP contribution < -0.4 is 10.2 Å². The van der Waals surface area contributed by atoms with Gasteiger partial charge in [0.2, 0.25) is 0 Å². The van der Waals surface area contributed by atoms with Gasteiger partial charge in [0, 0.05) is 11.9 Å². The number of rotatable bonds is 13. The van der Waals surface area contributed by atoms with Crippen molar-refractivity contribution in [2.45, 2.75) is 93.5 Å². The fraction of sp³-hybridized carbons (Fsp3) is 0.889.